The maximum Gasteiger partial charge on any atom is 0.270 e. The Hall–Kier alpha value is -2.54. The minimum atomic E-state index is -0.453. The van der Waals surface area contributed by atoms with Crippen LogP contribution < -0.4 is 5.32 Å². The van der Waals surface area contributed by atoms with Crippen LogP contribution in [0.15, 0.2) is 24.7 Å². The van der Waals surface area contributed by atoms with Crippen LogP contribution >= 0.6 is 34.5 Å². The molecule has 0 spiro atoms. The van der Waals surface area contributed by atoms with Crippen LogP contribution in [0.2, 0.25) is 10.2 Å². The van der Waals surface area contributed by atoms with Gasteiger partial charge in [0.15, 0.2) is 5.82 Å². The molecule has 0 radical (unpaired) electrons. The van der Waals surface area contributed by atoms with Gasteiger partial charge in [-0.15, -0.1) is 0 Å². The zero-order valence-electron chi connectivity index (χ0n) is 11.8. The lowest BCUT2D eigenvalue weighted by Gasteiger charge is -2.05. The predicted octanol–water partition coefficient (Wildman–Crippen LogP) is 2.23. The van der Waals surface area contributed by atoms with Gasteiger partial charge in [-0.3, -0.25) is 4.79 Å². The molecule has 0 aliphatic rings. The average molecular weight is 380 g/mol. The van der Waals surface area contributed by atoms with Crippen LogP contribution in [0.3, 0.4) is 0 Å². The number of pyridine rings is 1. The SMILES string of the molecule is N#Cc1cnc(-n2ncnc2CNC(=O)c2cc(Cl)cc(Cl)n2)s1. The molecule has 0 saturated carbocycles. The van der Waals surface area contributed by atoms with Crippen LogP contribution in [0.5, 0.6) is 0 Å². The summed E-state index contributed by atoms with van der Waals surface area (Å²) in [6, 6.07) is 4.85. The van der Waals surface area contributed by atoms with Crippen molar-refractivity contribution in [3.05, 3.63) is 51.2 Å². The summed E-state index contributed by atoms with van der Waals surface area (Å²) in [6.45, 7) is 0.0894. The van der Waals surface area contributed by atoms with E-state index in [1.807, 2.05) is 6.07 Å². The minimum Gasteiger partial charge on any atom is -0.343 e. The summed E-state index contributed by atoms with van der Waals surface area (Å²) in [5, 5.41) is 16.5. The number of thiazole rings is 1. The summed E-state index contributed by atoms with van der Waals surface area (Å²) < 4.78 is 1.45. The summed E-state index contributed by atoms with van der Waals surface area (Å²) in [7, 11) is 0. The molecule has 1 amide bonds. The Morgan fingerprint density at radius 3 is 2.92 bits per heavy atom. The highest BCUT2D eigenvalue weighted by atomic mass is 35.5. The molecule has 0 saturated heterocycles. The van der Waals surface area contributed by atoms with Gasteiger partial charge in [0.1, 0.15) is 28.1 Å². The summed E-state index contributed by atoms with van der Waals surface area (Å²) in [4.78, 5) is 24.7. The topological polar surface area (TPSA) is 109 Å². The number of carbonyl (C=O) groups is 1. The van der Waals surface area contributed by atoms with Crippen molar-refractivity contribution in [3.63, 3.8) is 0 Å². The highest BCUT2D eigenvalue weighted by molar-refractivity contribution is 7.14. The van der Waals surface area contributed by atoms with E-state index in [1.54, 1.807) is 0 Å². The van der Waals surface area contributed by atoms with Gasteiger partial charge in [0, 0.05) is 5.02 Å². The number of nitrogens with one attached hydrogen (secondary N) is 1. The molecule has 3 heterocycles. The van der Waals surface area contributed by atoms with Gasteiger partial charge in [0.2, 0.25) is 5.13 Å². The molecule has 0 fully saturated rings. The van der Waals surface area contributed by atoms with E-state index < -0.39 is 5.91 Å². The second-order valence-electron chi connectivity index (χ2n) is 4.38. The van der Waals surface area contributed by atoms with Gasteiger partial charge in [-0.2, -0.15) is 15.0 Å². The minimum absolute atomic E-state index is 0.0894. The monoisotopic (exact) mass is 379 g/mol. The summed E-state index contributed by atoms with van der Waals surface area (Å²) in [5.74, 6) is 0.00103. The number of hydrogen-bond donors (Lipinski definition) is 1. The second-order valence-corrected chi connectivity index (χ2v) is 6.22. The Morgan fingerprint density at radius 2 is 2.21 bits per heavy atom. The number of halogens is 2. The standard InChI is InChI=1S/C13H7Cl2N7OS/c14-7-1-9(21-10(15)2-7)12(23)17-5-11-19-6-20-22(11)13-18-4-8(3-16)24-13/h1-2,4,6H,5H2,(H,17,23). The van der Waals surface area contributed by atoms with Crippen molar-refractivity contribution in [3.8, 4) is 11.2 Å². The van der Waals surface area contributed by atoms with Gasteiger partial charge in [0.05, 0.1) is 12.7 Å². The average Bonchev–Trinajstić information content (AvgIpc) is 3.20. The first-order chi connectivity index (χ1) is 11.6. The number of carbonyl (C=O) groups excluding carboxylic acids is 1. The van der Waals surface area contributed by atoms with Crippen LogP contribution in [0.25, 0.3) is 5.13 Å². The Morgan fingerprint density at radius 1 is 1.38 bits per heavy atom. The Balaban J connectivity index is 1.75. The number of amides is 1. The second kappa shape index (κ2) is 6.92. The number of hydrogen-bond acceptors (Lipinski definition) is 7. The molecule has 24 heavy (non-hydrogen) atoms. The molecule has 0 atom stereocenters. The van der Waals surface area contributed by atoms with Gasteiger partial charge in [-0.05, 0) is 12.1 Å². The molecule has 0 aliphatic heterocycles. The van der Waals surface area contributed by atoms with Crippen molar-refractivity contribution in [2.45, 2.75) is 6.54 Å². The molecule has 0 aromatic carbocycles. The molecule has 0 aliphatic carbocycles. The molecule has 3 aromatic rings. The van der Waals surface area contributed by atoms with E-state index in [2.05, 4.69) is 25.4 Å². The van der Waals surface area contributed by atoms with Gasteiger partial charge in [0.25, 0.3) is 5.91 Å². The lowest BCUT2D eigenvalue weighted by molar-refractivity contribution is 0.0944. The first-order valence-corrected chi connectivity index (χ1v) is 8.00. The molecule has 3 rings (SSSR count). The lowest BCUT2D eigenvalue weighted by atomic mass is 10.3. The normalized spacial score (nSPS) is 10.4. The summed E-state index contributed by atoms with van der Waals surface area (Å²) in [6.07, 6.45) is 2.78. The Bertz CT molecular complexity index is 926. The van der Waals surface area contributed by atoms with Crippen molar-refractivity contribution in [2.75, 3.05) is 0 Å². The quantitative estimate of drug-likeness (QED) is 0.695. The van der Waals surface area contributed by atoms with Gasteiger partial charge in [-0.1, -0.05) is 34.5 Å². The number of rotatable bonds is 4. The van der Waals surface area contributed by atoms with E-state index in [-0.39, 0.29) is 17.4 Å². The molecule has 0 bridgehead atoms. The third-order valence-electron chi connectivity index (χ3n) is 2.80. The molecular weight excluding hydrogens is 373 g/mol. The van der Waals surface area contributed by atoms with E-state index in [9.17, 15) is 4.79 Å². The van der Waals surface area contributed by atoms with Crippen molar-refractivity contribution >= 4 is 40.4 Å². The van der Waals surface area contributed by atoms with Crippen LogP contribution in [0, 0.1) is 11.3 Å². The fraction of sp³-hybridized carbons (Fsp3) is 0.0769. The van der Waals surface area contributed by atoms with E-state index in [4.69, 9.17) is 28.5 Å². The maximum atomic E-state index is 12.1. The first-order valence-electron chi connectivity index (χ1n) is 6.43. The molecule has 1 N–H and O–H groups in total. The van der Waals surface area contributed by atoms with Gasteiger partial charge in [-0.25, -0.2) is 15.0 Å². The third-order valence-corrected chi connectivity index (χ3v) is 4.09. The fourth-order valence-corrected chi connectivity index (χ4v) is 2.96. The first kappa shape index (κ1) is 16.3. The number of aromatic nitrogens is 5. The fourth-order valence-electron chi connectivity index (χ4n) is 1.79. The molecule has 11 heteroatoms. The summed E-state index contributed by atoms with van der Waals surface area (Å²) >= 11 is 12.8. The number of nitrogens with zero attached hydrogens (tertiary/aromatic N) is 6. The predicted molar refractivity (Wildman–Crippen MR) is 87.2 cm³/mol. The molecule has 120 valence electrons. The highest BCUT2D eigenvalue weighted by Gasteiger charge is 2.14. The van der Waals surface area contributed by atoms with E-state index >= 15 is 0 Å². The van der Waals surface area contributed by atoms with E-state index in [0.29, 0.717) is 20.9 Å². The van der Waals surface area contributed by atoms with Crippen molar-refractivity contribution < 1.29 is 4.79 Å². The smallest absolute Gasteiger partial charge is 0.270 e. The van der Waals surface area contributed by atoms with Crippen molar-refractivity contribution in [1.82, 2.24) is 30.0 Å². The lowest BCUT2D eigenvalue weighted by Crippen LogP contribution is -2.25. The van der Waals surface area contributed by atoms with Gasteiger partial charge < -0.3 is 5.32 Å². The van der Waals surface area contributed by atoms with Crippen molar-refractivity contribution in [1.29, 1.82) is 5.26 Å². The molecule has 0 unspecified atom stereocenters. The van der Waals surface area contributed by atoms with Crippen LogP contribution in [-0.2, 0) is 6.54 Å². The highest BCUT2D eigenvalue weighted by Crippen LogP contribution is 2.17. The van der Waals surface area contributed by atoms with Crippen LogP contribution in [-0.4, -0.2) is 30.6 Å². The Labute approximate surface area is 149 Å². The van der Waals surface area contributed by atoms with Crippen LogP contribution in [0.4, 0.5) is 0 Å². The summed E-state index contributed by atoms with van der Waals surface area (Å²) in [5.41, 5.74) is 0.0968. The van der Waals surface area contributed by atoms with E-state index in [1.165, 1.54) is 40.7 Å². The Kier molecular flexibility index (Phi) is 4.71. The largest absolute Gasteiger partial charge is 0.343 e. The molecular formula is C13H7Cl2N7OS. The number of nitriles is 1. The maximum absolute atomic E-state index is 12.1. The third kappa shape index (κ3) is 3.51. The molecule has 8 nitrogen and oxygen atoms in total. The van der Waals surface area contributed by atoms with Crippen molar-refractivity contribution in [2.24, 2.45) is 0 Å². The van der Waals surface area contributed by atoms with E-state index in [0.717, 1.165) is 0 Å². The zero-order valence-corrected chi connectivity index (χ0v) is 14.1. The van der Waals surface area contributed by atoms with Gasteiger partial charge >= 0.3 is 0 Å². The van der Waals surface area contributed by atoms with Crippen LogP contribution in [0.1, 0.15) is 21.2 Å². The zero-order chi connectivity index (χ0) is 17.1. The molecule has 3 aromatic heterocycles.